The molecule has 3 rings (SSSR count). The van der Waals surface area contributed by atoms with E-state index < -0.39 is 11.7 Å². The third-order valence-electron chi connectivity index (χ3n) is 4.89. The molecule has 0 aliphatic carbocycles. The number of anilines is 1. The normalized spacial score (nSPS) is 14.5. The second-order valence-corrected chi connectivity index (χ2v) is 6.86. The number of nitrogens with zero attached hydrogens (tertiary/aromatic N) is 3. The molecule has 0 radical (unpaired) electrons. The first-order chi connectivity index (χ1) is 14.3. The molecular formula is C21H22F3N3O3. The van der Waals surface area contributed by atoms with Crippen LogP contribution >= 0.6 is 0 Å². The van der Waals surface area contributed by atoms with Gasteiger partial charge in [0, 0.05) is 44.4 Å². The zero-order valence-electron chi connectivity index (χ0n) is 16.5. The smallest absolute Gasteiger partial charge is 0.417 e. The van der Waals surface area contributed by atoms with Crippen LogP contribution in [0.15, 0.2) is 42.6 Å². The average molecular weight is 421 g/mol. The molecule has 0 spiro atoms. The Hall–Kier alpha value is -3.10. The Morgan fingerprint density at radius 2 is 1.70 bits per heavy atom. The molecule has 9 heteroatoms. The molecule has 1 aliphatic heterocycles. The lowest BCUT2D eigenvalue weighted by molar-refractivity contribution is -0.138. The van der Waals surface area contributed by atoms with Crippen LogP contribution in [0.4, 0.5) is 19.0 Å². The molecule has 6 nitrogen and oxygen atoms in total. The zero-order valence-corrected chi connectivity index (χ0v) is 16.5. The Balaban J connectivity index is 1.47. The fourth-order valence-electron chi connectivity index (χ4n) is 3.10. The average Bonchev–Trinajstić information content (AvgIpc) is 2.77. The quantitative estimate of drug-likeness (QED) is 0.669. The first-order valence-corrected chi connectivity index (χ1v) is 9.60. The zero-order chi connectivity index (χ0) is 21.7. The monoisotopic (exact) mass is 421 g/mol. The van der Waals surface area contributed by atoms with Gasteiger partial charge < -0.3 is 14.5 Å². The van der Waals surface area contributed by atoms with E-state index in [-0.39, 0.29) is 18.3 Å². The summed E-state index contributed by atoms with van der Waals surface area (Å²) in [7, 11) is 0. The molecule has 30 heavy (non-hydrogen) atoms. The number of ketones is 1. The highest BCUT2D eigenvalue weighted by Crippen LogP contribution is 2.29. The summed E-state index contributed by atoms with van der Waals surface area (Å²) in [5.74, 6) is 0.818. The van der Waals surface area contributed by atoms with Crippen LogP contribution in [-0.2, 0) is 11.0 Å². The maximum Gasteiger partial charge on any atom is 0.417 e. The molecule has 0 unspecified atom stereocenters. The Kier molecular flexibility index (Phi) is 6.59. The number of halogens is 3. The van der Waals surface area contributed by atoms with Gasteiger partial charge in [0.2, 0.25) is 0 Å². The van der Waals surface area contributed by atoms with Crippen LogP contribution in [0, 0.1) is 0 Å². The number of benzene rings is 1. The summed E-state index contributed by atoms with van der Waals surface area (Å²) in [5.41, 5.74) is -0.187. The van der Waals surface area contributed by atoms with E-state index in [4.69, 9.17) is 4.74 Å². The molecule has 1 aliphatic rings. The largest absolute Gasteiger partial charge is 0.484 e. The van der Waals surface area contributed by atoms with E-state index in [0.717, 1.165) is 12.3 Å². The molecule has 2 heterocycles. The number of aromatic nitrogens is 1. The summed E-state index contributed by atoms with van der Waals surface area (Å²) in [4.78, 5) is 31.4. The van der Waals surface area contributed by atoms with Gasteiger partial charge >= 0.3 is 6.18 Å². The molecule has 1 aromatic carbocycles. The van der Waals surface area contributed by atoms with Crippen LogP contribution in [0.3, 0.4) is 0 Å². The topological polar surface area (TPSA) is 62.7 Å². The Labute approximate surface area is 172 Å². The highest BCUT2D eigenvalue weighted by Gasteiger charge is 2.31. The van der Waals surface area contributed by atoms with Crippen molar-refractivity contribution in [3.05, 3.63) is 53.7 Å². The van der Waals surface area contributed by atoms with Crippen LogP contribution in [0.2, 0.25) is 0 Å². The number of alkyl halides is 3. The summed E-state index contributed by atoms with van der Waals surface area (Å²) in [6.45, 7) is 3.46. The van der Waals surface area contributed by atoms with Crippen LogP contribution < -0.4 is 9.64 Å². The van der Waals surface area contributed by atoms with Gasteiger partial charge in [-0.25, -0.2) is 4.98 Å². The summed E-state index contributed by atoms with van der Waals surface area (Å²) in [5, 5.41) is 0. The van der Waals surface area contributed by atoms with Gasteiger partial charge in [-0.3, -0.25) is 9.59 Å². The Morgan fingerprint density at radius 3 is 2.23 bits per heavy atom. The molecule has 0 N–H and O–H groups in total. The van der Waals surface area contributed by atoms with Gasteiger partial charge in [0.05, 0.1) is 5.56 Å². The van der Waals surface area contributed by atoms with Gasteiger partial charge in [0.1, 0.15) is 11.6 Å². The van der Waals surface area contributed by atoms with E-state index in [2.05, 4.69) is 4.98 Å². The van der Waals surface area contributed by atoms with Crippen molar-refractivity contribution in [1.82, 2.24) is 9.88 Å². The number of pyridine rings is 1. The number of carbonyl (C=O) groups is 2. The van der Waals surface area contributed by atoms with Crippen molar-refractivity contribution >= 4 is 17.5 Å². The highest BCUT2D eigenvalue weighted by molar-refractivity contribution is 5.95. The Bertz CT molecular complexity index is 875. The van der Waals surface area contributed by atoms with Crippen molar-refractivity contribution in [2.24, 2.45) is 0 Å². The number of hydrogen-bond acceptors (Lipinski definition) is 5. The molecule has 0 saturated carbocycles. The number of rotatable bonds is 6. The fourth-order valence-corrected chi connectivity index (χ4v) is 3.10. The minimum atomic E-state index is -4.41. The van der Waals surface area contributed by atoms with Crippen LogP contribution in [0.5, 0.6) is 5.75 Å². The lowest BCUT2D eigenvalue weighted by atomic mass is 10.1. The van der Waals surface area contributed by atoms with Gasteiger partial charge in [-0.05, 0) is 36.4 Å². The number of piperazine rings is 1. The number of ether oxygens (including phenoxy) is 1. The van der Waals surface area contributed by atoms with Gasteiger partial charge in [0.15, 0.2) is 12.4 Å². The van der Waals surface area contributed by atoms with Crippen LogP contribution in [-0.4, -0.2) is 54.4 Å². The van der Waals surface area contributed by atoms with Gasteiger partial charge in [-0.2, -0.15) is 13.2 Å². The van der Waals surface area contributed by atoms with Crippen molar-refractivity contribution in [2.75, 3.05) is 37.7 Å². The van der Waals surface area contributed by atoms with Crippen LogP contribution in [0.25, 0.3) is 0 Å². The lowest BCUT2D eigenvalue weighted by Crippen LogP contribution is -2.50. The summed E-state index contributed by atoms with van der Waals surface area (Å²) >= 11 is 0. The van der Waals surface area contributed by atoms with Crippen molar-refractivity contribution in [3.8, 4) is 5.75 Å². The molecule has 1 saturated heterocycles. The SMILES string of the molecule is CCC(=O)c1ccc(OCC(=O)N2CCN(c3ccc(C(F)(F)F)cn3)CC2)cc1. The first kappa shape index (κ1) is 21.6. The molecular weight excluding hydrogens is 399 g/mol. The van der Waals surface area contributed by atoms with Crippen LogP contribution in [0.1, 0.15) is 29.3 Å². The molecule has 1 aromatic heterocycles. The number of amides is 1. The van der Waals surface area contributed by atoms with E-state index >= 15 is 0 Å². The van der Waals surface area contributed by atoms with Gasteiger partial charge in [-0.1, -0.05) is 6.92 Å². The highest BCUT2D eigenvalue weighted by atomic mass is 19.4. The predicted molar refractivity (Wildman–Crippen MR) is 105 cm³/mol. The fraction of sp³-hybridized carbons (Fsp3) is 0.381. The third-order valence-corrected chi connectivity index (χ3v) is 4.89. The summed E-state index contributed by atoms with van der Waals surface area (Å²) < 4.78 is 43.4. The molecule has 1 fully saturated rings. The number of Topliss-reactive ketones (excluding diaryl/α,β-unsaturated/α-hetero) is 1. The minimum Gasteiger partial charge on any atom is -0.484 e. The maximum absolute atomic E-state index is 12.6. The second kappa shape index (κ2) is 9.15. The van der Waals surface area contributed by atoms with Crippen molar-refractivity contribution in [3.63, 3.8) is 0 Å². The Morgan fingerprint density at radius 1 is 1.03 bits per heavy atom. The van der Waals surface area contributed by atoms with Crippen molar-refractivity contribution < 1.29 is 27.5 Å². The maximum atomic E-state index is 12.6. The third kappa shape index (κ3) is 5.28. The molecule has 160 valence electrons. The number of hydrogen-bond donors (Lipinski definition) is 0. The molecule has 1 amide bonds. The van der Waals surface area contributed by atoms with E-state index in [1.165, 1.54) is 6.07 Å². The first-order valence-electron chi connectivity index (χ1n) is 9.60. The number of carbonyl (C=O) groups excluding carboxylic acids is 2. The van der Waals surface area contributed by atoms with E-state index in [1.807, 2.05) is 4.90 Å². The van der Waals surface area contributed by atoms with Crippen molar-refractivity contribution in [1.29, 1.82) is 0 Å². The standard InChI is InChI=1S/C21H22F3N3O3/c1-2-18(28)15-3-6-17(7-4-15)30-14-20(29)27-11-9-26(10-12-27)19-8-5-16(13-25-19)21(22,23)24/h3-8,13H,2,9-12,14H2,1H3. The molecule has 0 atom stereocenters. The van der Waals surface area contributed by atoms with Crippen molar-refractivity contribution in [2.45, 2.75) is 19.5 Å². The van der Waals surface area contributed by atoms with E-state index in [0.29, 0.717) is 49.7 Å². The lowest BCUT2D eigenvalue weighted by Gasteiger charge is -2.35. The minimum absolute atomic E-state index is 0.0398. The van der Waals surface area contributed by atoms with Gasteiger partial charge in [-0.15, -0.1) is 0 Å². The predicted octanol–water partition coefficient (Wildman–Crippen LogP) is 3.42. The molecule has 2 aromatic rings. The second-order valence-electron chi connectivity index (χ2n) is 6.86. The van der Waals surface area contributed by atoms with E-state index in [9.17, 15) is 22.8 Å². The van der Waals surface area contributed by atoms with Gasteiger partial charge in [0.25, 0.3) is 5.91 Å². The summed E-state index contributed by atoms with van der Waals surface area (Å²) in [6, 6.07) is 9.00. The summed E-state index contributed by atoms with van der Waals surface area (Å²) in [6.07, 6.45) is -3.17. The molecule has 0 bridgehead atoms. The van der Waals surface area contributed by atoms with E-state index in [1.54, 1.807) is 36.1 Å².